The van der Waals surface area contributed by atoms with E-state index >= 15 is 0 Å². The van der Waals surface area contributed by atoms with Crippen molar-refractivity contribution < 1.29 is 23.7 Å². The van der Waals surface area contributed by atoms with Crippen molar-refractivity contribution in [2.75, 3.05) is 5.32 Å². The van der Waals surface area contributed by atoms with Crippen LogP contribution in [0.25, 0.3) is 33.4 Å². The van der Waals surface area contributed by atoms with Crippen LogP contribution in [0.5, 0.6) is 57.5 Å². The van der Waals surface area contributed by atoms with E-state index in [-0.39, 0.29) is 20.1 Å². The molecule has 1 N–H and O–H groups in total. The van der Waals surface area contributed by atoms with Crippen LogP contribution in [0.2, 0.25) is 0 Å². The van der Waals surface area contributed by atoms with Crippen molar-refractivity contribution in [3.63, 3.8) is 0 Å². The minimum atomic E-state index is -0.241. The fourth-order valence-electron chi connectivity index (χ4n) is 13.8. The van der Waals surface area contributed by atoms with Crippen LogP contribution in [0.3, 0.4) is 0 Å². The van der Waals surface area contributed by atoms with Crippen LogP contribution in [0, 0.1) is 41.5 Å². The van der Waals surface area contributed by atoms with Crippen LogP contribution < -0.4 is 78.2 Å². The van der Waals surface area contributed by atoms with Crippen LogP contribution in [0.4, 0.5) is 11.4 Å². The second-order valence-corrected chi connectivity index (χ2v) is 21.4. The van der Waals surface area contributed by atoms with Crippen molar-refractivity contribution in [1.82, 2.24) is 0 Å². The Hall–Kier alpha value is -8.81. The monoisotopic (exact) mass is 965 g/mol. The fourth-order valence-corrected chi connectivity index (χ4v) is 13.8. The van der Waals surface area contributed by atoms with Gasteiger partial charge < -0.3 is 29.0 Å². The molecule has 0 aromatic heterocycles. The van der Waals surface area contributed by atoms with Gasteiger partial charge in [0.15, 0.2) is 0 Å². The molecule has 0 spiro atoms. The molecule has 10 aromatic carbocycles. The van der Waals surface area contributed by atoms with Crippen molar-refractivity contribution in [3.05, 3.63) is 197 Å². The third-order valence-corrected chi connectivity index (χ3v) is 16.9. The van der Waals surface area contributed by atoms with Gasteiger partial charge in [0.05, 0.1) is 0 Å². The Balaban J connectivity index is 0.918. The number of benzene rings is 10. The van der Waals surface area contributed by atoms with Crippen LogP contribution >= 0.6 is 0 Å². The summed E-state index contributed by atoms with van der Waals surface area (Å²) in [5.41, 5.74) is 25.9. The van der Waals surface area contributed by atoms with E-state index < -0.39 is 0 Å². The first-order chi connectivity index (χ1) is 36.6. The van der Waals surface area contributed by atoms with Crippen LogP contribution in [0.1, 0.15) is 33.4 Å². The fraction of sp³-hybridized carbons (Fsp3) is 0.0909. The van der Waals surface area contributed by atoms with Crippen LogP contribution in [0.15, 0.2) is 164 Å². The summed E-state index contributed by atoms with van der Waals surface area (Å²) in [6.45, 7) is 12.6. The first kappa shape index (κ1) is 42.7. The van der Waals surface area contributed by atoms with Gasteiger partial charge in [-0.2, -0.15) is 0 Å². The highest BCUT2D eigenvalue weighted by atomic mass is 16.5. The van der Waals surface area contributed by atoms with E-state index in [0.717, 1.165) is 129 Å². The van der Waals surface area contributed by atoms with E-state index in [1.165, 1.54) is 55.5 Å². The lowest BCUT2D eigenvalue weighted by molar-refractivity contribution is 0.452. The molecule has 0 unspecified atom stereocenters. The van der Waals surface area contributed by atoms with Gasteiger partial charge in [0.2, 0.25) is 0 Å². The molecule has 0 fully saturated rings. The molecule has 6 nitrogen and oxygen atoms in total. The maximum Gasteiger partial charge on any atom is 0.260 e. The second-order valence-electron chi connectivity index (χ2n) is 21.4. The number of para-hydroxylation sites is 2. The number of anilines is 2. The highest BCUT2D eigenvalue weighted by molar-refractivity contribution is 7.02. The Morgan fingerprint density at radius 1 is 0.267 bits per heavy atom. The van der Waals surface area contributed by atoms with Gasteiger partial charge in [0, 0.05) is 34.4 Å². The predicted octanol–water partition coefficient (Wildman–Crippen LogP) is 10.7. The maximum absolute atomic E-state index is 7.29. The van der Waals surface area contributed by atoms with Crippen LogP contribution in [-0.2, 0) is 0 Å². The number of nitrogens with one attached hydrogen (secondary N) is 1. The third-order valence-electron chi connectivity index (χ3n) is 16.9. The first-order valence-corrected chi connectivity index (χ1v) is 26.0. The molecule has 354 valence electrons. The van der Waals surface area contributed by atoms with Gasteiger partial charge in [0.1, 0.15) is 57.5 Å². The summed E-state index contributed by atoms with van der Waals surface area (Å²) in [6, 6.07) is 59.0. The topological polar surface area (TPSA) is 58.2 Å². The molecule has 6 aliphatic rings. The predicted molar refractivity (Wildman–Crippen MR) is 307 cm³/mol. The SMILES string of the molecule is Cc1cccc(C)c1-c1cc2c3c(c1)Oc1ccccc1B3c1cc3c(cc1N2)Oc1cc(-c2c(C)cccc2C)cc2c1B3c1cc3c(cc1O2)Oc1cc(-c2c(C)cccc2C)cc2c1B3c1ccccc1O2. The van der Waals surface area contributed by atoms with Crippen molar-refractivity contribution >= 4 is 80.7 Å². The molecule has 6 heterocycles. The lowest BCUT2D eigenvalue weighted by Crippen LogP contribution is -2.63. The third kappa shape index (κ3) is 6.06. The zero-order valence-electron chi connectivity index (χ0n) is 42.4. The molecule has 0 atom stereocenters. The lowest BCUT2D eigenvalue weighted by Gasteiger charge is -2.38. The minimum Gasteiger partial charge on any atom is -0.458 e. The lowest BCUT2D eigenvalue weighted by atomic mass is 9.30. The highest BCUT2D eigenvalue weighted by Gasteiger charge is 2.47. The standard InChI is InChI=1S/C66H46B3NO5/c1-34-14-11-15-35(2)61(34)40-24-50-64-56(25-40)71-51-22-9-7-20-43(51)67(64)45-30-46-53(32-49(45)70-50)73-59-28-42(63-38(5)18-13-19-39(63)6)29-60-66(59)69(46)48-31-47-54(33-55(48)75-60)74-58-27-41(62-36(3)16-12-17-37(62)4)26-57-65(58)68(47)44-21-8-10-23-52(44)72-57/h7-33,70H,1-6H3. The normalized spacial score (nSPS) is 13.8. The molecule has 75 heavy (non-hydrogen) atoms. The molecular formula is C66H46B3NO5. The molecule has 0 saturated carbocycles. The zero-order valence-corrected chi connectivity index (χ0v) is 42.4. The molecule has 9 heteroatoms. The molecule has 16 rings (SSSR count). The molecular weight excluding hydrogens is 919 g/mol. The molecule has 0 aliphatic carbocycles. The molecule has 0 amide bonds. The Kier molecular flexibility index (Phi) is 8.75. The van der Waals surface area contributed by atoms with Crippen molar-refractivity contribution in [1.29, 1.82) is 0 Å². The summed E-state index contributed by atoms with van der Waals surface area (Å²) in [4.78, 5) is 0. The Bertz CT molecular complexity index is 3960. The number of aryl methyl sites for hydroxylation is 6. The minimum absolute atomic E-state index is 0.0981. The summed E-state index contributed by atoms with van der Waals surface area (Å²) < 4.78 is 35.5. The van der Waals surface area contributed by atoms with Gasteiger partial charge in [-0.3, -0.25) is 0 Å². The summed E-state index contributed by atoms with van der Waals surface area (Å²) in [6.07, 6.45) is 0. The molecule has 6 aliphatic heterocycles. The Morgan fingerprint density at radius 2 is 0.613 bits per heavy atom. The number of ether oxygens (including phenoxy) is 5. The smallest absolute Gasteiger partial charge is 0.260 e. The van der Waals surface area contributed by atoms with Crippen molar-refractivity contribution in [2.45, 2.75) is 41.5 Å². The Morgan fingerprint density at radius 3 is 1.07 bits per heavy atom. The maximum atomic E-state index is 7.29. The number of hydrogen-bond donors (Lipinski definition) is 1. The van der Waals surface area contributed by atoms with E-state index in [0.29, 0.717) is 0 Å². The van der Waals surface area contributed by atoms with Gasteiger partial charge in [-0.15, -0.1) is 0 Å². The van der Waals surface area contributed by atoms with Gasteiger partial charge in [-0.1, -0.05) is 103 Å². The zero-order chi connectivity index (χ0) is 50.1. The average molecular weight is 966 g/mol. The number of fused-ring (bicyclic) bond motifs is 12. The molecule has 0 radical (unpaired) electrons. The van der Waals surface area contributed by atoms with Crippen molar-refractivity contribution in [3.8, 4) is 90.9 Å². The summed E-state index contributed by atoms with van der Waals surface area (Å²) in [7, 11) is 0. The number of hydrogen-bond acceptors (Lipinski definition) is 6. The summed E-state index contributed by atoms with van der Waals surface area (Å²) in [5.74, 6) is 8.10. The molecule has 0 saturated heterocycles. The van der Waals surface area contributed by atoms with Gasteiger partial charge in [-0.05, 0) is 195 Å². The van der Waals surface area contributed by atoms with Crippen molar-refractivity contribution in [2.24, 2.45) is 0 Å². The van der Waals surface area contributed by atoms with E-state index in [2.05, 4.69) is 211 Å². The average Bonchev–Trinajstić information content (AvgIpc) is 3.41. The van der Waals surface area contributed by atoms with E-state index in [4.69, 9.17) is 23.7 Å². The van der Waals surface area contributed by atoms with Crippen LogP contribution in [-0.4, -0.2) is 20.1 Å². The van der Waals surface area contributed by atoms with E-state index in [1.807, 2.05) is 0 Å². The molecule has 0 bridgehead atoms. The van der Waals surface area contributed by atoms with Gasteiger partial charge in [0.25, 0.3) is 20.1 Å². The molecule has 10 aromatic rings. The quantitative estimate of drug-likeness (QED) is 0.178. The van der Waals surface area contributed by atoms with E-state index in [1.54, 1.807) is 0 Å². The number of rotatable bonds is 3. The summed E-state index contributed by atoms with van der Waals surface area (Å²) in [5, 5.41) is 3.96. The second kappa shape index (κ2) is 15.4. The first-order valence-electron chi connectivity index (χ1n) is 26.0. The van der Waals surface area contributed by atoms with Gasteiger partial charge in [-0.25, -0.2) is 0 Å². The Labute approximate surface area is 437 Å². The summed E-state index contributed by atoms with van der Waals surface area (Å²) >= 11 is 0. The van der Waals surface area contributed by atoms with Gasteiger partial charge >= 0.3 is 0 Å². The highest BCUT2D eigenvalue weighted by Crippen LogP contribution is 2.45. The largest absolute Gasteiger partial charge is 0.458 e. The van der Waals surface area contributed by atoms with E-state index in [9.17, 15) is 0 Å².